The zero-order valence-electron chi connectivity index (χ0n) is 26.9. The summed E-state index contributed by atoms with van der Waals surface area (Å²) >= 11 is 0. The summed E-state index contributed by atoms with van der Waals surface area (Å²) < 4.78 is 0. The molecule has 3 N–H and O–H groups in total. The van der Waals surface area contributed by atoms with E-state index < -0.39 is 5.41 Å². The van der Waals surface area contributed by atoms with Crippen molar-refractivity contribution in [2.24, 2.45) is 51.2 Å². The van der Waals surface area contributed by atoms with E-state index in [2.05, 4.69) is 69.3 Å². The Morgan fingerprint density at radius 3 is 2.43 bits per heavy atom. The van der Waals surface area contributed by atoms with E-state index in [9.17, 15) is 9.59 Å². The number of aromatic nitrogens is 1. The van der Waals surface area contributed by atoms with Gasteiger partial charge in [0.2, 0.25) is 5.91 Å². The second kappa shape index (κ2) is 10.2. The first-order valence-electron chi connectivity index (χ1n) is 16.7. The molecule has 0 bridgehead atoms. The number of carbonyl (C=O) groups is 2. The molecule has 6 nitrogen and oxygen atoms in total. The van der Waals surface area contributed by atoms with E-state index in [4.69, 9.17) is 0 Å². The van der Waals surface area contributed by atoms with Gasteiger partial charge < -0.3 is 5.32 Å². The summed E-state index contributed by atoms with van der Waals surface area (Å²) in [5, 5.41) is 3.93. The molecule has 0 radical (unpaired) electrons. The van der Waals surface area contributed by atoms with Crippen molar-refractivity contribution in [1.82, 2.24) is 21.2 Å². The van der Waals surface area contributed by atoms with Crippen LogP contribution >= 0.6 is 0 Å². The average molecular weight is 575 g/mol. The smallest absolute Gasteiger partial charge is 0.271 e. The Hall–Kier alpha value is -2.21. The van der Waals surface area contributed by atoms with Crippen molar-refractivity contribution in [3.63, 3.8) is 0 Å². The lowest BCUT2D eigenvalue weighted by Gasteiger charge is -2.71. The molecule has 0 spiro atoms. The zero-order chi connectivity index (χ0) is 30.1. The van der Waals surface area contributed by atoms with E-state index in [1.807, 2.05) is 0 Å². The highest BCUT2D eigenvalue weighted by Crippen LogP contribution is 2.76. The van der Waals surface area contributed by atoms with Gasteiger partial charge in [0.05, 0.1) is 11.0 Å². The van der Waals surface area contributed by atoms with Crippen molar-refractivity contribution in [2.75, 3.05) is 6.54 Å². The first kappa shape index (κ1) is 29.8. The Morgan fingerprint density at radius 2 is 1.71 bits per heavy atom. The van der Waals surface area contributed by atoms with Crippen LogP contribution in [0.3, 0.4) is 0 Å². The lowest BCUT2D eigenvalue weighted by molar-refractivity contribution is -0.223. The van der Waals surface area contributed by atoms with Gasteiger partial charge in [0.15, 0.2) is 0 Å². The van der Waals surface area contributed by atoms with E-state index in [0.29, 0.717) is 34.7 Å². The molecule has 5 aliphatic rings. The molecule has 1 aliphatic heterocycles. The standard InChI is InChI=1S/C36H54N4O2/c1-23(2)25-13-17-36(31(42)40-39-30(41)24-10-8-20-37-22-24)19-18-34(6)26(29(25)36)11-12-28-33(5)15-9-21-38-32(3,4)27(33)14-16-35(28,34)7/h8,10,20,22,25-29,38H,1,9,11-19,21H2,2-7H3,(H,39,41)(H,40,42)/t25-,26+,27-,28+,29+,33-,34+,35+,36-/m0/s1. The molecule has 42 heavy (non-hydrogen) atoms. The SMILES string of the molecule is C=C(C)[C@@H]1CC[C@]2(C(=O)NNC(=O)c3cccnc3)CC[C@]3(C)[C@H](CC[C@@H]4[C@@]5(C)CCCNC(C)(C)[C@@H]5CC[C@]43C)[C@@H]12. The van der Waals surface area contributed by atoms with Crippen LogP contribution < -0.4 is 16.2 Å². The van der Waals surface area contributed by atoms with Crippen LogP contribution in [-0.2, 0) is 4.79 Å². The molecular weight excluding hydrogens is 520 g/mol. The first-order valence-corrected chi connectivity index (χ1v) is 16.7. The van der Waals surface area contributed by atoms with Crippen LogP contribution in [0.25, 0.3) is 0 Å². The Labute approximate surface area is 253 Å². The third-order valence-electron chi connectivity index (χ3n) is 14.3. The second-order valence-electron chi connectivity index (χ2n) is 16.2. The normalized spacial score (nSPS) is 43.9. The summed E-state index contributed by atoms with van der Waals surface area (Å²) in [6.45, 7) is 20.6. The van der Waals surface area contributed by atoms with E-state index in [-0.39, 0.29) is 34.1 Å². The van der Waals surface area contributed by atoms with Gasteiger partial charge in [0.1, 0.15) is 0 Å². The highest BCUT2D eigenvalue weighted by molar-refractivity contribution is 5.95. The van der Waals surface area contributed by atoms with Crippen LogP contribution in [0.1, 0.15) is 116 Å². The van der Waals surface area contributed by atoms with Crippen LogP contribution in [0.15, 0.2) is 36.7 Å². The summed E-state index contributed by atoms with van der Waals surface area (Å²) in [4.78, 5) is 31.1. The maximum absolute atomic E-state index is 14.2. The van der Waals surface area contributed by atoms with Crippen molar-refractivity contribution >= 4 is 11.8 Å². The third-order valence-corrected chi connectivity index (χ3v) is 14.3. The largest absolute Gasteiger partial charge is 0.311 e. The number of rotatable bonds is 3. The molecule has 9 atom stereocenters. The molecule has 6 heteroatoms. The number of nitrogens with zero attached hydrogens (tertiary/aromatic N) is 1. The number of nitrogens with one attached hydrogen (secondary N) is 3. The lowest BCUT2D eigenvalue weighted by atomic mass is 9.33. The summed E-state index contributed by atoms with van der Waals surface area (Å²) in [6.07, 6.45) is 14.6. The number of hydrogen-bond acceptors (Lipinski definition) is 4. The van der Waals surface area contributed by atoms with Crippen molar-refractivity contribution in [3.05, 3.63) is 42.2 Å². The van der Waals surface area contributed by atoms with Gasteiger partial charge in [-0.15, -0.1) is 0 Å². The molecule has 2 heterocycles. The minimum atomic E-state index is -0.464. The van der Waals surface area contributed by atoms with E-state index in [1.54, 1.807) is 18.3 Å². The Morgan fingerprint density at radius 1 is 0.929 bits per heavy atom. The van der Waals surface area contributed by atoms with E-state index in [0.717, 1.165) is 32.2 Å². The highest BCUT2D eigenvalue weighted by Gasteiger charge is 2.71. The Balaban J connectivity index is 1.31. The minimum absolute atomic E-state index is 0.00456. The van der Waals surface area contributed by atoms with E-state index in [1.165, 1.54) is 50.3 Å². The molecule has 0 aromatic carbocycles. The molecule has 1 aromatic rings. The van der Waals surface area contributed by atoms with Crippen molar-refractivity contribution < 1.29 is 9.59 Å². The van der Waals surface area contributed by atoms with E-state index >= 15 is 0 Å². The fourth-order valence-electron chi connectivity index (χ4n) is 12.2. The third kappa shape index (κ3) is 4.17. The van der Waals surface area contributed by atoms with Gasteiger partial charge >= 0.3 is 0 Å². The van der Waals surface area contributed by atoms with Crippen LogP contribution in [0.2, 0.25) is 0 Å². The van der Waals surface area contributed by atoms with Gasteiger partial charge in [-0.2, -0.15) is 0 Å². The molecule has 6 rings (SSSR count). The Kier molecular flexibility index (Phi) is 7.23. The van der Waals surface area contributed by atoms with Gasteiger partial charge in [-0.05, 0) is 149 Å². The fraction of sp³-hybridized carbons (Fsp3) is 0.750. The number of carbonyl (C=O) groups excluding carboxylic acids is 2. The molecular formula is C36H54N4O2. The minimum Gasteiger partial charge on any atom is -0.311 e. The predicted molar refractivity (Wildman–Crippen MR) is 167 cm³/mol. The van der Waals surface area contributed by atoms with Crippen LogP contribution in [0.4, 0.5) is 0 Å². The molecule has 0 unspecified atom stereocenters. The molecule has 1 saturated heterocycles. The summed E-state index contributed by atoms with van der Waals surface area (Å²) in [5.74, 6) is 2.16. The van der Waals surface area contributed by atoms with Gasteiger partial charge in [0.25, 0.3) is 5.91 Å². The summed E-state index contributed by atoms with van der Waals surface area (Å²) in [7, 11) is 0. The molecule has 5 fully saturated rings. The first-order chi connectivity index (χ1) is 19.8. The quantitative estimate of drug-likeness (QED) is 0.273. The number of hydrogen-bond donors (Lipinski definition) is 3. The lowest BCUT2D eigenvalue weighted by Crippen LogP contribution is -2.67. The summed E-state index contributed by atoms with van der Waals surface area (Å²) in [6, 6.07) is 3.45. The van der Waals surface area contributed by atoms with Crippen LogP contribution in [-0.4, -0.2) is 28.9 Å². The van der Waals surface area contributed by atoms with Crippen molar-refractivity contribution in [2.45, 2.75) is 111 Å². The second-order valence-corrected chi connectivity index (χ2v) is 16.2. The molecule has 4 aliphatic carbocycles. The zero-order valence-corrected chi connectivity index (χ0v) is 26.9. The average Bonchev–Trinajstić information content (AvgIpc) is 3.31. The van der Waals surface area contributed by atoms with Crippen LogP contribution in [0.5, 0.6) is 0 Å². The molecule has 230 valence electrons. The predicted octanol–water partition coefficient (Wildman–Crippen LogP) is 6.84. The number of fused-ring (bicyclic) bond motifs is 7. The number of hydrazine groups is 1. The topological polar surface area (TPSA) is 83.1 Å². The fourth-order valence-corrected chi connectivity index (χ4v) is 12.2. The number of pyridine rings is 1. The van der Waals surface area contributed by atoms with Gasteiger partial charge in [-0.1, -0.05) is 32.9 Å². The van der Waals surface area contributed by atoms with Crippen LogP contribution in [0, 0.1) is 51.2 Å². The monoisotopic (exact) mass is 574 g/mol. The molecule has 4 saturated carbocycles. The maximum Gasteiger partial charge on any atom is 0.271 e. The Bertz CT molecular complexity index is 1250. The maximum atomic E-state index is 14.2. The van der Waals surface area contributed by atoms with Gasteiger partial charge in [-0.3, -0.25) is 25.4 Å². The van der Waals surface area contributed by atoms with Gasteiger partial charge in [-0.25, -0.2) is 0 Å². The van der Waals surface area contributed by atoms with Gasteiger partial charge in [0, 0.05) is 17.9 Å². The highest BCUT2D eigenvalue weighted by atomic mass is 16.2. The summed E-state index contributed by atoms with van der Waals surface area (Å²) in [5.41, 5.74) is 7.76. The molecule has 2 amide bonds. The van der Waals surface area contributed by atoms with Crippen molar-refractivity contribution in [3.8, 4) is 0 Å². The van der Waals surface area contributed by atoms with Crippen molar-refractivity contribution in [1.29, 1.82) is 0 Å². The molecule has 1 aromatic heterocycles. The number of allylic oxidation sites excluding steroid dienone is 1. The number of amides is 2.